The van der Waals surface area contributed by atoms with Crippen LogP contribution in [0, 0.1) is 11.8 Å². The lowest BCUT2D eigenvalue weighted by atomic mass is 10.0. The van der Waals surface area contributed by atoms with Crippen molar-refractivity contribution in [3.63, 3.8) is 0 Å². The Morgan fingerprint density at radius 1 is 1.29 bits per heavy atom. The molecule has 0 aromatic carbocycles. The highest BCUT2D eigenvalue weighted by molar-refractivity contribution is 5.85. The number of esters is 1. The molecule has 0 saturated carbocycles. The summed E-state index contributed by atoms with van der Waals surface area (Å²) in [6, 6.07) is -0.562. The van der Waals surface area contributed by atoms with Gasteiger partial charge in [0.1, 0.15) is 6.04 Å². The third-order valence-electron chi connectivity index (χ3n) is 2.56. The van der Waals surface area contributed by atoms with Crippen LogP contribution in [0.1, 0.15) is 33.6 Å². The van der Waals surface area contributed by atoms with Crippen LogP contribution in [0.15, 0.2) is 0 Å². The summed E-state index contributed by atoms with van der Waals surface area (Å²) < 4.78 is 4.68. The predicted octanol–water partition coefficient (Wildman–Crippen LogP) is 0.675. The van der Waals surface area contributed by atoms with Crippen LogP contribution in [-0.4, -0.2) is 31.6 Å². The lowest BCUT2D eigenvalue weighted by Crippen LogP contribution is -2.44. The standard InChI is InChI=1S/C12H24N2O3/c1-8(2)7-10(12(16)17-4)14-11(15)9(3)5-6-13/h8-10H,5-7,13H2,1-4H3,(H,14,15). The van der Waals surface area contributed by atoms with Crippen LogP contribution in [0.25, 0.3) is 0 Å². The number of nitrogens with one attached hydrogen (secondary N) is 1. The zero-order chi connectivity index (χ0) is 13.4. The van der Waals surface area contributed by atoms with E-state index < -0.39 is 12.0 Å². The molecule has 0 aliphatic carbocycles. The van der Waals surface area contributed by atoms with Gasteiger partial charge in [0.15, 0.2) is 0 Å². The number of hydrogen-bond donors (Lipinski definition) is 2. The average Bonchev–Trinajstić information content (AvgIpc) is 2.26. The van der Waals surface area contributed by atoms with Gasteiger partial charge >= 0.3 is 5.97 Å². The molecular weight excluding hydrogens is 220 g/mol. The van der Waals surface area contributed by atoms with Crippen molar-refractivity contribution in [2.75, 3.05) is 13.7 Å². The fourth-order valence-corrected chi connectivity index (χ4v) is 1.52. The Kier molecular flexibility index (Phi) is 7.54. The van der Waals surface area contributed by atoms with Gasteiger partial charge in [-0.3, -0.25) is 4.79 Å². The van der Waals surface area contributed by atoms with E-state index in [1.54, 1.807) is 6.92 Å². The predicted molar refractivity (Wildman–Crippen MR) is 66.2 cm³/mol. The lowest BCUT2D eigenvalue weighted by Gasteiger charge is -2.20. The van der Waals surface area contributed by atoms with Gasteiger partial charge in [-0.1, -0.05) is 20.8 Å². The van der Waals surface area contributed by atoms with Gasteiger partial charge in [0.25, 0.3) is 0 Å². The van der Waals surface area contributed by atoms with Crippen molar-refractivity contribution >= 4 is 11.9 Å². The van der Waals surface area contributed by atoms with E-state index >= 15 is 0 Å². The topological polar surface area (TPSA) is 81.4 Å². The summed E-state index contributed by atoms with van der Waals surface area (Å²) in [5, 5.41) is 2.71. The SMILES string of the molecule is COC(=O)C(CC(C)C)NC(=O)C(C)CCN. The Morgan fingerprint density at radius 2 is 1.88 bits per heavy atom. The van der Waals surface area contributed by atoms with Crippen LogP contribution in [0.5, 0.6) is 0 Å². The Labute approximate surface area is 103 Å². The minimum atomic E-state index is -0.562. The molecule has 1 amide bonds. The number of amides is 1. The van der Waals surface area contributed by atoms with Gasteiger partial charge < -0.3 is 15.8 Å². The van der Waals surface area contributed by atoms with Crippen LogP contribution < -0.4 is 11.1 Å². The van der Waals surface area contributed by atoms with Crippen molar-refractivity contribution in [3.8, 4) is 0 Å². The van der Waals surface area contributed by atoms with Crippen molar-refractivity contribution in [2.45, 2.75) is 39.7 Å². The van der Waals surface area contributed by atoms with Gasteiger partial charge in [0.05, 0.1) is 7.11 Å². The van der Waals surface area contributed by atoms with Gasteiger partial charge in [0.2, 0.25) is 5.91 Å². The number of carbonyl (C=O) groups excluding carboxylic acids is 2. The highest BCUT2D eigenvalue weighted by atomic mass is 16.5. The summed E-state index contributed by atoms with van der Waals surface area (Å²) in [4.78, 5) is 23.3. The quantitative estimate of drug-likeness (QED) is 0.645. The molecule has 5 heteroatoms. The van der Waals surface area contributed by atoms with Crippen molar-refractivity contribution in [1.82, 2.24) is 5.32 Å². The van der Waals surface area contributed by atoms with Gasteiger partial charge in [-0.15, -0.1) is 0 Å². The molecule has 2 unspecified atom stereocenters. The first-order valence-electron chi connectivity index (χ1n) is 6.00. The number of carbonyl (C=O) groups is 2. The molecule has 0 bridgehead atoms. The fourth-order valence-electron chi connectivity index (χ4n) is 1.52. The number of ether oxygens (including phenoxy) is 1. The molecule has 0 radical (unpaired) electrons. The highest BCUT2D eigenvalue weighted by Gasteiger charge is 2.24. The van der Waals surface area contributed by atoms with Gasteiger partial charge in [0, 0.05) is 5.92 Å². The molecule has 0 heterocycles. The Balaban J connectivity index is 4.42. The summed E-state index contributed by atoms with van der Waals surface area (Å²) in [6.07, 6.45) is 1.19. The van der Waals surface area contributed by atoms with E-state index in [0.717, 1.165) is 0 Å². The van der Waals surface area contributed by atoms with E-state index in [2.05, 4.69) is 10.1 Å². The molecule has 3 N–H and O–H groups in total. The van der Waals surface area contributed by atoms with E-state index in [1.807, 2.05) is 13.8 Å². The van der Waals surface area contributed by atoms with Crippen molar-refractivity contribution < 1.29 is 14.3 Å². The molecule has 0 fully saturated rings. The second-order valence-corrected chi connectivity index (χ2v) is 4.69. The van der Waals surface area contributed by atoms with Gasteiger partial charge in [-0.2, -0.15) is 0 Å². The Morgan fingerprint density at radius 3 is 2.29 bits per heavy atom. The number of nitrogens with two attached hydrogens (primary N) is 1. The molecule has 0 aromatic heterocycles. The van der Waals surface area contributed by atoms with E-state index in [0.29, 0.717) is 25.3 Å². The molecule has 5 nitrogen and oxygen atoms in total. The lowest BCUT2D eigenvalue weighted by molar-refractivity contribution is -0.146. The smallest absolute Gasteiger partial charge is 0.328 e. The van der Waals surface area contributed by atoms with Gasteiger partial charge in [-0.05, 0) is 25.3 Å². The third kappa shape index (κ3) is 6.26. The summed E-state index contributed by atoms with van der Waals surface area (Å²) in [5.74, 6) is -0.415. The first kappa shape index (κ1) is 15.9. The Bertz CT molecular complexity index is 254. The van der Waals surface area contributed by atoms with Gasteiger partial charge in [-0.25, -0.2) is 4.79 Å². The Hall–Kier alpha value is -1.10. The average molecular weight is 244 g/mol. The summed E-state index contributed by atoms with van der Waals surface area (Å²) >= 11 is 0. The molecule has 2 atom stereocenters. The molecule has 0 aromatic rings. The molecule has 17 heavy (non-hydrogen) atoms. The second kappa shape index (κ2) is 8.06. The minimum Gasteiger partial charge on any atom is -0.467 e. The van der Waals surface area contributed by atoms with Crippen LogP contribution >= 0.6 is 0 Å². The second-order valence-electron chi connectivity index (χ2n) is 4.69. The van der Waals surface area contributed by atoms with Crippen molar-refractivity contribution in [1.29, 1.82) is 0 Å². The van der Waals surface area contributed by atoms with Crippen LogP contribution in [0.3, 0.4) is 0 Å². The molecule has 0 rings (SSSR count). The first-order valence-corrected chi connectivity index (χ1v) is 6.00. The van der Waals surface area contributed by atoms with Crippen molar-refractivity contribution in [3.05, 3.63) is 0 Å². The largest absolute Gasteiger partial charge is 0.467 e. The zero-order valence-corrected chi connectivity index (χ0v) is 11.2. The monoisotopic (exact) mass is 244 g/mol. The summed E-state index contributed by atoms with van der Waals surface area (Å²) in [5.41, 5.74) is 5.39. The van der Waals surface area contributed by atoms with Crippen LogP contribution in [0.4, 0.5) is 0 Å². The molecule has 0 aliphatic heterocycles. The molecule has 0 saturated heterocycles. The maximum atomic E-state index is 11.8. The van der Waals surface area contributed by atoms with E-state index in [9.17, 15) is 9.59 Å². The van der Waals surface area contributed by atoms with E-state index in [4.69, 9.17) is 5.73 Å². The fraction of sp³-hybridized carbons (Fsp3) is 0.833. The summed E-state index contributed by atoms with van der Waals surface area (Å²) in [7, 11) is 1.32. The third-order valence-corrected chi connectivity index (χ3v) is 2.56. The van der Waals surface area contributed by atoms with Crippen molar-refractivity contribution in [2.24, 2.45) is 17.6 Å². The molecule has 0 spiro atoms. The zero-order valence-electron chi connectivity index (χ0n) is 11.2. The number of hydrogen-bond acceptors (Lipinski definition) is 4. The molecular formula is C12H24N2O3. The van der Waals surface area contributed by atoms with Crippen LogP contribution in [-0.2, 0) is 14.3 Å². The maximum absolute atomic E-state index is 11.8. The minimum absolute atomic E-state index is 0.147. The number of methoxy groups -OCH3 is 1. The van der Waals surface area contributed by atoms with E-state index in [1.165, 1.54) is 7.11 Å². The first-order chi connectivity index (χ1) is 7.92. The summed E-state index contributed by atoms with van der Waals surface area (Å²) in [6.45, 7) is 6.24. The normalized spacial score (nSPS) is 14.2. The van der Waals surface area contributed by atoms with Crippen LogP contribution in [0.2, 0.25) is 0 Å². The maximum Gasteiger partial charge on any atom is 0.328 e. The molecule has 0 aliphatic rings. The molecule has 100 valence electrons. The van der Waals surface area contributed by atoms with E-state index in [-0.39, 0.29) is 11.8 Å². The number of rotatable bonds is 7. The highest BCUT2D eigenvalue weighted by Crippen LogP contribution is 2.08.